The second-order valence-corrected chi connectivity index (χ2v) is 6.82. The van der Waals surface area contributed by atoms with Crippen LogP contribution in [-0.4, -0.2) is 65.1 Å². The number of carboxylic acids is 1. The molecule has 2 N–H and O–H groups in total. The van der Waals surface area contributed by atoms with Crippen molar-refractivity contribution in [1.82, 2.24) is 15.2 Å². The van der Waals surface area contributed by atoms with Crippen LogP contribution in [0.15, 0.2) is 18.3 Å². The van der Waals surface area contributed by atoms with E-state index < -0.39 is 5.97 Å². The van der Waals surface area contributed by atoms with E-state index in [9.17, 15) is 9.59 Å². The Hall–Kier alpha value is -2.15. The highest BCUT2D eigenvalue weighted by molar-refractivity contribution is 5.99. The van der Waals surface area contributed by atoms with Crippen molar-refractivity contribution in [1.29, 1.82) is 0 Å². The minimum Gasteiger partial charge on any atom is -0.480 e. The molecule has 1 aromatic heterocycles. The molecule has 136 valence electrons. The van der Waals surface area contributed by atoms with E-state index >= 15 is 0 Å². The van der Waals surface area contributed by atoms with Gasteiger partial charge in [0, 0.05) is 31.4 Å². The van der Waals surface area contributed by atoms with Gasteiger partial charge in [-0.05, 0) is 44.4 Å². The fraction of sp³-hybridized carbons (Fsp3) is 0.611. The standard InChI is InChI=1S/C18H26N4O3/c1-2-21(12-16(23)24)14-10-13(11-14)20-18(25)15-6-5-7-19-17(15)22-8-3-4-9-22/h5-7,13-14H,2-4,8-12H2,1H3,(H,20,25)(H,23,24). The predicted molar refractivity (Wildman–Crippen MR) is 94.8 cm³/mol. The zero-order chi connectivity index (χ0) is 17.8. The summed E-state index contributed by atoms with van der Waals surface area (Å²) < 4.78 is 0. The first-order valence-corrected chi connectivity index (χ1v) is 9.05. The largest absolute Gasteiger partial charge is 0.480 e. The van der Waals surface area contributed by atoms with Gasteiger partial charge in [0.15, 0.2) is 0 Å². The number of rotatable bonds is 7. The number of nitrogens with zero attached hydrogens (tertiary/aromatic N) is 3. The van der Waals surface area contributed by atoms with Gasteiger partial charge in [-0.2, -0.15) is 0 Å². The third kappa shape index (κ3) is 4.10. The highest BCUT2D eigenvalue weighted by Gasteiger charge is 2.35. The summed E-state index contributed by atoms with van der Waals surface area (Å²) in [5, 5.41) is 12.0. The molecule has 0 radical (unpaired) electrons. The third-order valence-corrected chi connectivity index (χ3v) is 5.15. The number of aromatic nitrogens is 1. The molecule has 7 heteroatoms. The SMILES string of the molecule is CCN(CC(=O)O)C1CC(NC(=O)c2cccnc2N2CCCC2)C1. The second kappa shape index (κ2) is 7.82. The maximum Gasteiger partial charge on any atom is 0.317 e. The van der Waals surface area contributed by atoms with E-state index in [1.165, 1.54) is 0 Å². The van der Waals surface area contributed by atoms with E-state index in [0.717, 1.165) is 44.6 Å². The van der Waals surface area contributed by atoms with Crippen LogP contribution in [-0.2, 0) is 4.79 Å². The van der Waals surface area contributed by atoms with E-state index in [0.29, 0.717) is 12.1 Å². The molecule has 1 saturated carbocycles. The van der Waals surface area contributed by atoms with Gasteiger partial charge in [-0.1, -0.05) is 6.92 Å². The fourth-order valence-corrected chi connectivity index (χ4v) is 3.69. The first-order chi connectivity index (χ1) is 12.1. The minimum atomic E-state index is -0.806. The number of carbonyl (C=O) groups excluding carboxylic acids is 1. The molecule has 25 heavy (non-hydrogen) atoms. The summed E-state index contributed by atoms with van der Waals surface area (Å²) >= 11 is 0. The molecule has 2 fully saturated rings. The molecule has 1 aliphatic carbocycles. The number of carboxylic acid groups (broad SMARTS) is 1. The number of likely N-dealkylation sites (N-methyl/N-ethyl adjacent to an activating group) is 1. The van der Waals surface area contributed by atoms with Crippen molar-refractivity contribution < 1.29 is 14.7 Å². The van der Waals surface area contributed by atoms with Gasteiger partial charge >= 0.3 is 5.97 Å². The van der Waals surface area contributed by atoms with Crippen LogP contribution in [0.5, 0.6) is 0 Å². The Balaban J connectivity index is 1.57. The molecule has 1 saturated heterocycles. The maximum absolute atomic E-state index is 12.7. The van der Waals surface area contributed by atoms with Crippen LogP contribution in [0.4, 0.5) is 5.82 Å². The highest BCUT2D eigenvalue weighted by Crippen LogP contribution is 2.27. The van der Waals surface area contributed by atoms with Crippen molar-refractivity contribution >= 4 is 17.7 Å². The lowest BCUT2D eigenvalue weighted by molar-refractivity contribution is -0.139. The van der Waals surface area contributed by atoms with Crippen LogP contribution in [0.1, 0.15) is 43.0 Å². The number of hydrogen-bond acceptors (Lipinski definition) is 5. The normalized spacial score (nSPS) is 22.7. The molecule has 3 rings (SSSR count). The number of pyridine rings is 1. The molecule has 0 bridgehead atoms. The number of aliphatic carboxylic acids is 1. The number of anilines is 1. The Morgan fingerprint density at radius 2 is 2.08 bits per heavy atom. The van der Waals surface area contributed by atoms with Crippen molar-refractivity contribution in [3.63, 3.8) is 0 Å². The molecular formula is C18H26N4O3. The Bertz CT molecular complexity index is 625. The average Bonchev–Trinajstić information content (AvgIpc) is 3.10. The third-order valence-electron chi connectivity index (χ3n) is 5.15. The lowest BCUT2D eigenvalue weighted by atomic mass is 9.85. The van der Waals surface area contributed by atoms with Crippen molar-refractivity contribution in [2.24, 2.45) is 0 Å². The lowest BCUT2D eigenvalue weighted by Crippen LogP contribution is -2.54. The predicted octanol–water partition coefficient (Wildman–Crippen LogP) is 1.35. The maximum atomic E-state index is 12.7. The van der Waals surface area contributed by atoms with Crippen molar-refractivity contribution in [3.8, 4) is 0 Å². The molecule has 1 amide bonds. The van der Waals surface area contributed by atoms with Crippen molar-refractivity contribution in [2.75, 3.05) is 31.1 Å². The fourth-order valence-electron chi connectivity index (χ4n) is 3.69. The van der Waals surface area contributed by atoms with Gasteiger partial charge in [-0.15, -0.1) is 0 Å². The van der Waals surface area contributed by atoms with E-state index in [4.69, 9.17) is 5.11 Å². The van der Waals surface area contributed by atoms with E-state index in [2.05, 4.69) is 15.2 Å². The lowest BCUT2D eigenvalue weighted by Gasteiger charge is -2.42. The number of nitrogens with one attached hydrogen (secondary N) is 1. The minimum absolute atomic E-state index is 0.0591. The molecule has 2 heterocycles. The van der Waals surface area contributed by atoms with Crippen LogP contribution >= 0.6 is 0 Å². The summed E-state index contributed by atoms with van der Waals surface area (Å²) in [5.41, 5.74) is 0.630. The molecular weight excluding hydrogens is 320 g/mol. The molecule has 0 atom stereocenters. The second-order valence-electron chi connectivity index (χ2n) is 6.82. The molecule has 2 aliphatic rings. The summed E-state index contributed by atoms with van der Waals surface area (Å²) in [6, 6.07) is 3.96. The van der Waals surface area contributed by atoms with Crippen LogP contribution in [0.3, 0.4) is 0 Å². The van der Waals surface area contributed by atoms with Crippen LogP contribution in [0, 0.1) is 0 Å². The highest BCUT2D eigenvalue weighted by atomic mass is 16.4. The summed E-state index contributed by atoms with van der Waals surface area (Å²) in [7, 11) is 0. The molecule has 0 spiro atoms. The number of carbonyl (C=O) groups is 2. The quantitative estimate of drug-likeness (QED) is 0.775. The van der Waals surface area contributed by atoms with E-state index in [1.807, 2.05) is 17.9 Å². The Morgan fingerprint density at radius 3 is 2.72 bits per heavy atom. The van der Waals surface area contributed by atoms with Crippen LogP contribution < -0.4 is 10.2 Å². The van der Waals surface area contributed by atoms with Crippen molar-refractivity contribution in [2.45, 2.75) is 44.7 Å². The van der Waals surface area contributed by atoms with Gasteiger partial charge in [0.05, 0.1) is 12.1 Å². The monoisotopic (exact) mass is 346 g/mol. The topological polar surface area (TPSA) is 85.8 Å². The summed E-state index contributed by atoms with van der Waals surface area (Å²) in [6.45, 7) is 4.63. The number of hydrogen-bond donors (Lipinski definition) is 2. The Kier molecular flexibility index (Phi) is 5.53. The van der Waals surface area contributed by atoms with Crippen molar-refractivity contribution in [3.05, 3.63) is 23.9 Å². The van der Waals surface area contributed by atoms with Gasteiger partial charge < -0.3 is 15.3 Å². The van der Waals surface area contributed by atoms with Crippen LogP contribution in [0.2, 0.25) is 0 Å². The smallest absolute Gasteiger partial charge is 0.317 e. The van der Waals surface area contributed by atoms with Crippen LogP contribution in [0.25, 0.3) is 0 Å². The molecule has 1 aliphatic heterocycles. The van der Waals surface area contributed by atoms with E-state index in [1.54, 1.807) is 12.3 Å². The number of amides is 1. The Labute approximate surface area is 148 Å². The summed E-state index contributed by atoms with van der Waals surface area (Å²) in [4.78, 5) is 32.1. The summed E-state index contributed by atoms with van der Waals surface area (Å²) in [5.74, 6) is -0.117. The zero-order valence-electron chi connectivity index (χ0n) is 14.6. The molecule has 7 nitrogen and oxygen atoms in total. The first-order valence-electron chi connectivity index (χ1n) is 9.05. The molecule has 0 unspecified atom stereocenters. The Morgan fingerprint density at radius 1 is 1.36 bits per heavy atom. The van der Waals surface area contributed by atoms with Gasteiger partial charge in [0.1, 0.15) is 5.82 Å². The first kappa shape index (κ1) is 17.7. The summed E-state index contributed by atoms with van der Waals surface area (Å²) in [6.07, 6.45) is 5.60. The molecule has 1 aromatic rings. The van der Waals surface area contributed by atoms with Gasteiger partial charge in [0.25, 0.3) is 5.91 Å². The molecule has 0 aromatic carbocycles. The van der Waals surface area contributed by atoms with Gasteiger partial charge in [-0.3, -0.25) is 14.5 Å². The average molecular weight is 346 g/mol. The van der Waals surface area contributed by atoms with E-state index in [-0.39, 0.29) is 24.5 Å². The zero-order valence-corrected chi connectivity index (χ0v) is 14.6. The van der Waals surface area contributed by atoms with Gasteiger partial charge in [0.2, 0.25) is 0 Å². The van der Waals surface area contributed by atoms with Gasteiger partial charge in [-0.25, -0.2) is 4.98 Å².